The Morgan fingerprint density at radius 1 is 0.863 bits per heavy atom. The first-order chi connectivity index (χ1) is 24.6. The summed E-state index contributed by atoms with van der Waals surface area (Å²) in [6.07, 6.45) is 6.52. The molecule has 2 bridgehead atoms. The van der Waals surface area contributed by atoms with Crippen molar-refractivity contribution < 1.29 is 29.0 Å². The number of hydrogen-bond donors (Lipinski definition) is 5. The van der Waals surface area contributed by atoms with Crippen molar-refractivity contribution in [3.8, 4) is 17.3 Å². The summed E-state index contributed by atoms with van der Waals surface area (Å²) in [4.78, 5) is 67.6. The first-order valence-corrected chi connectivity index (χ1v) is 17.6. The summed E-state index contributed by atoms with van der Waals surface area (Å²) in [5.74, 6) is -0.655. The van der Waals surface area contributed by atoms with E-state index in [1.165, 1.54) is 6.92 Å². The zero-order valence-corrected chi connectivity index (χ0v) is 29.6. The zero-order chi connectivity index (χ0) is 36.6. The van der Waals surface area contributed by atoms with Crippen LogP contribution in [-0.4, -0.2) is 99.6 Å². The smallest absolute Gasteiger partial charge is 0.257 e. The van der Waals surface area contributed by atoms with Crippen molar-refractivity contribution in [2.24, 2.45) is 5.92 Å². The van der Waals surface area contributed by atoms with Crippen molar-refractivity contribution in [1.29, 1.82) is 0 Å². The van der Waals surface area contributed by atoms with Gasteiger partial charge in [0.05, 0.1) is 12.5 Å². The molecule has 0 saturated heterocycles. The van der Waals surface area contributed by atoms with Crippen LogP contribution in [0, 0.1) is 5.92 Å². The SMILES string of the molecule is CC(C)C[C@H]1NC(=O)Cc2cccc(c2)OCC(=O)NCCCN(Cc2cnc(-c3ccccn3)nc2)CCCCNC(=O)[C@H]([C@@H](C)O)NC1=O. The third-order valence-electron chi connectivity index (χ3n) is 8.23. The van der Waals surface area contributed by atoms with Gasteiger partial charge in [0.1, 0.15) is 23.5 Å². The minimum absolute atomic E-state index is 0.0252. The lowest BCUT2D eigenvalue weighted by Crippen LogP contribution is -2.57. The number of fused-ring (bicyclic) bond motifs is 2. The Hall–Kier alpha value is -4.95. The molecule has 0 fully saturated rings. The number of amides is 4. The van der Waals surface area contributed by atoms with Crippen molar-refractivity contribution in [3.05, 3.63) is 72.2 Å². The number of benzene rings is 1. The molecule has 0 saturated carbocycles. The fraction of sp³-hybridized carbons (Fsp3) is 0.486. The van der Waals surface area contributed by atoms with Crippen LogP contribution < -0.4 is 26.0 Å². The van der Waals surface area contributed by atoms with Crippen LogP contribution in [-0.2, 0) is 32.1 Å². The number of aliphatic hydroxyl groups excluding tert-OH is 1. The van der Waals surface area contributed by atoms with E-state index in [1.807, 2.05) is 32.0 Å². The molecule has 1 aromatic carbocycles. The third kappa shape index (κ3) is 13.4. The predicted octanol–water partition coefficient (Wildman–Crippen LogP) is 1.77. The molecule has 1 aliphatic heterocycles. The van der Waals surface area contributed by atoms with Gasteiger partial charge in [0, 0.05) is 50.3 Å². The van der Waals surface area contributed by atoms with Gasteiger partial charge < -0.3 is 31.1 Å². The molecule has 4 amide bonds. The second-order valence-electron chi connectivity index (χ2n) is 13.2. The standard InChI is InChI=1S/C37H50N8O6/c1-25(2)18-31-36(49)44-34(26(3)46)37(50)40-14-6-7-16-45(23-28-21-41-35(42-22-28)30-12-4-5-13-38-30)17-9-15-39-33(48)24-51-29-11-8-10-27(19-29)20-32(47)43-31/h4-5,8,10-13,19,21-22,25-26,31,34,46H,6-7,9,14-18,20,23-24H2,1-3H3,(H,39,48)(H,40,50)(H,43,47)(H,44,49)/t26-,31-,34+/m1/s1. The summed E-state index contributed by atoms with van der Waals surface area (Å²) < 4.78 is 5.71. The number of carbonyl (C=O) groups is 4. The quantitative estimate of drug-likeness (QED) is 0.253. The van der Waals surface area contributed by atoms with Crippen LogP contribution in [0.4, 0.5) is 0 Å². The van der Waals surface area contributed by atoms with E-state index in [0.717, 1.165) is 12.0 Å². The van der Waals surface area contributed by atoms with Crippen LogP contribution in [0.5, 0.6) is 5.75 Å². The van der Waals surface area contributed by atoms with Gasteiger partial charge in [0.15, 0.2) is 12.4 Å². The molecule has 14 heteroatoms. The zero-order valence-electron chi connectivity index (χ0n) is 29.6. The van der Waals surface area contributed by atoms with Gasteiger partial charge in [-0.25, -0.2) is 9.97 Å². The molecule has 0 aliphatic carbocycles. The fourth-order valence-corrected chi connectivity index (χ4v) is 5.64. The second kappa shape index (κ2) is 20.0. The van der Waals surface area contributed by atoms with E-state index in [4.69, 9.17) is 4.74 Å². The van der Waals surface area contributed by atoms with Crippen molar-refractivity contribution in [2.75, 3.05) is 32.8 Å². The van der Waals surface area contributed by atoms with E-state index in [1.54, 1.807) is 42.9 Å². The fourth-order valence-electron chi connectivity index (χ4n) is 5.64. The minimum Gasteiger partial charge on any atom is -0.484 e. The van der Waals surface area contributed by atoms with Gasteiger partial charge >= 0.3 is 0 Å². The summed E-state index contributed by atoms with van der Waals surface area (Å²) in [5, 5.41) is 21.6. The highest BCUT2D eigenvalue weighted by atomic mass is 16.5. The van der Waals surface area contributed by atoms with Crippen molar-refractivity contribution in [2.45, 2.75) is 77.6 Å². The molecular weight excluding hydrogens is 652 g/mol. The highest BCUT2D eigenvalue weighted by Gasteiger charge is 2.30. The van der Waals surface area contributed by atoms with Gasteiger partial charge in [-0.1, -0.05) is 32.0 Å². The molecule has 5 N–H and O–H groups in total. The molecular formula is C37H50N8O6. The number of aromatic nitrogens is 3. The number of aliphatic hydroxyl groups is 1. The normalized spacial score (nSPS) is 20.2. The Kier molecular flexibility index (Phi) is 15.3. The van der Waals surface area contributed by atoms with Crippen molar-refractivity contribution in [3.63, 3.8) is 0 Å². The molecule has 0 radical (unpaired) electrons. The molecule has 3 heterocycles. The van der Waals surface area contributed by atoms with E-state index >= 15 is 0 Å². The van der Waals surface area contributed by atoms with Gasteiger partial charge in [0.2, 0.25) is 17.7 Å². The van der Waals surface area contributed by atoms with E-state index in [-0.39, 0.29) is 30.8 Å². The number of rotatable bonds is 6. The highest BCUT2D eigenvalue weighted by molar-refractivity contribution is 5.92. The molecule has 3 atom stereocenters. The average Bonchev–Trinajstić information content (AvgIpc) is 3.10. The largest absolute Gasteiger partial charge is 0.484 e. The number of nitrogens with zero attached hydrogens (tertiary/aromatic N) is 4. The summed E-state index contributed by atoms with van der Waals surface area (Å²) in [6.45, 7) is 7.90. The first kappa shape index (κ1) is 38.8. The maximum absolute atomic E-state index is 13.4. The van der Waals surface area contributed by atoms with Crippen LogP contribution in [0.2, 0.25) is 0 Å². The van der Waals surface area contributed by atoms with Gasteiger partial charge in [-0.3, -0.25) is 29.1 Å². The number of hydrogen-bond acceptors (Lipinski definition) is 10. The van der Waals surface area contributed by atoms with Crippen LogP contribution in [0.3, 0.4) is 0 Å². The second-order valence-corrected chi connectivity index (χ2v) is 13.2. The van der Waals surface area contributed by atoms with Gasteiger partial charge in [-0.15, -0.1) is 0 Å². The first-order valence-electron chi connectivity index (χ1n) is 17.6. The number of nitrogens with one attached hydrogen (secondary N) is 4. The van der Waals surface area contributed by atoms with E-state index in [0.29, 0.717) is 74.8 Å². The summed E-state index contributed by atoms with van der Waals surface area (Å²) in [7, 11) is 0. The van der Waals surface area contributed by atoms with Crippen LogP contribution >= 0.6 is 0 Å². The Bertz CT molecular complexity index is 1570. The monoisotopic (exact) mass is 702 g/mol. The van der Waals surface area contributed by atoms with Gasteiger partial charge in [-0.2, -0.15) is 0 Å². The summed E-state index contributed by atoms with van der Waals surface area (Å²) in [6, 6.07) is 10.4. The van der Waals surface area contributed by atoms with E-state index < -0.39 is 30.0 Å². The van der Waals surface area contributed by atoms with Crippen LogP contribution in [0.15, 0.2) is 61.1 Å². The lowest BCUT2D eigenvalue weighted by atomic mass is 10.0. The Balaban J connectivity index is 1.45. The highest BCUT2D eigenvalue weighted by Crippen LogP contribution is 2.15. The van der Waals surface area contributed by atoms with Gasteiger partial charge in [-0.05, 0) is 74.9 Å². The molecule has 0 unspecified atom stereocenters. The predicted molar refractivity (Wildman–Crippen MR) is 191 cm³/mol. The molecule has 3 aromatic rings. The third-order valence-corrected chi connectivity index (χ3v) is 8.23. The summed E-state index contributed by atoms with van der Waals surface area (Å²) >= 11 is 0. The lowest BCUT2D eigenvalue weighted by molar-refractivity contribution is -0.134. The van der Waals surface area contributed by atoms with Crippen molar-refractivity contribution >= 4 is 23.6 Å². The molecule has 0 spiro atoms. The molecule has 274 valence electrons. The lowest BCUT2D eigenvalue weighted by Gasteiger charge is -2.26. The maximum Gasteiger partial charge on any atom is 0.257 e. The number of ether oxygens (including phenoxy) is 1. The molecule has 4 rings (SSSR count). The van der Waals surface area contributed by atoms with E-state index in [9.17, 15) is 24.3 Å². The molecule has 2 aromatic heterocycles. The van der Waals surface area contributed by atoms with Crippen LogP contribution in [0.1, 0.15) is 57.6 Å². The molecule has 1 aliphatic rings. The number of pyridine rings is 1. The summed E-state index contributed by atoms with van der Waals surface area (Å²) in [5.41, 5.74) is 2.26. The minimum atomic E-state index is -1.19. The molecule has 51 heavy (non-hydrogen) atoms. The van der Waals surface area contributed by atoms with Crippen LogP contribution in [0.25, 0.3) is 11.5 Å². The maximum atomic E-state index is 13.4. The van der Waals surface area contributed by atoms with Crippen molar-refractivity contribution in [1.82, 2.24) is 41.1 Å². The van der Waals surface area contributed by atoms with Gasteiger partial charge in [0.25, 0.3) is 5.91 Å². The number of carbonyl (C=O) groups excluding carboxylic acids is 4. The Morgan fingerprint density at radius 2 is 1.63 bits per heavy atom. The topological polar surface area (TPSA) is 188 Å². The Labute approximate surface area is 299 Å². The molecule has 14 nitrogen and oxygen atoms in total. The average molecular weight is 703 g/mol. The Morgan fingerprint density at radius 3 is 2.35 bits per heavy atom. The van der Waals surface area contributed by atoms with E-state index in [2.05, 4.69) is 41.1 Å².